The molecule has 0 saturated carbocycles. The van der Waals surface area contributed by atoms with Crippen molar-refractivity contribution in [1.29, 1.82) is 0 Å². The third kappa shape index (κ3) is 2.79. The average Bonchev–Trinajstić information content (AvgIpc) is 2.54. The van der Waals surface area contributed by atoms with E-state index < -0.39 is 0 Å². The van der Waals surface area contributed by atoms with Gasteiger partial charge in [0.1, 0.15) is 0 Å². The van der Waals surface area contributed by atoms with Crippen LogP contribution >= 0.6 is 27.3 Å². The molecule has 0 amide bonds. The second kappa shape index (κ2) is 5.13. The monoisotopic (exact) mass is 262 g/mol. The molecule has 1 aromatic heterocycles. The number of hydrogen-bond donors (Lipinski definition) is 1. The van der Waals surface area contributed by atoms with Gasteiger partial charge in [0.2, 0.25) is 0 Å². The molecule has 0 bridgehead atoms. The van der Waals surface area contributed by atoms with Crippen molar-refractivity contribution in [3.8, 4) is 0 Å². The lowest BCUT2D eigenvalue weighted by Crippen LogP contribution is -2.09. The van der Waals surface area contributed by atoms with Crippen molar-refractivity contribution in [1.82, 2.24) is 0 Å². The first-order chi connectivity index (χ1) is 6.19. The highest BCUT2D eigenvalue weighted by Crippen LogP contribution is 2.31. The van der Waals surface area contributed by atoms with E-state index in [0.29, 0.717) is 5.92 Å². The number of aliphatic hydroxyl groups is 1. The number of halogens is 1. The highest BCUT2D eigenvalue weighted by molar-refractivity contribution is 9.11. The van der Waals surface area contributed by atoms with Crippen molar-refractivity contribution >= 4 is 27.3 Å². The van der Waals surface area contributed by atoms with Gasteiger partial charge in [0.25, 0.3) is 0 Å². The predicted molar refractivity (Wildman–Crippen MR) is 61.1 cm³/mol. The zero-order chi connectivity index (χ0) is 9.84. The fourth-order valence-electron chi connectivity index (χ4n) is 1.49. The molecule has 0 saturated heterocycles. The van der Waals surface area contributed by atoms with Gasteiger partial charge in [-0.25, -0.2) is 0 Å². The van der Waals surface area contributed by atoms with E-state index in [9.17, 15) is 5.11 Å². The molecule has 0 aromatic carbocycles. The minimum atomic E-state index is -0.294. The molecular formula is C10H15BrOS. The van der Waals surface area contributed by atoms with Crippen LogP contribution in [0.15, 0.2) is 15.2 Å². The zero-order valence-corrected chi connectivity index (χ0v) is 10.4. The topological polar surface area (TPSA) is 20.2 Å². The maximum absolute atomic E-state index is 9.98. The Balaban J connectivity index is 2.71. The first-order valence-electron chi connectivity index (χ1n) is 4.61. The maximum Gasteiger partial charge on any atom is 0.0826 e. The summed E-state index contributed by atoms with van der Waals surface area (Å²) in [7, 11) is 0. The van der Waals surface area contributed by atoms with Crippen LogP contribution in [-0.2, 0) is 0 Å². The van der Waals surface area contributed by atoms with Gasteiger partial charge in [0.05, 0.1) is 9.89 Å². The Labute approximate surface area is 91.9 Å². The molecule has 0 aliphatic rings. The molecule has 74 valence electrons. The predicted octanol–water partition coefficient (Wildman–Crippen LogP) is 3.98. The summed E-state index contributed by atoms with van der Waals surface area (Å²) in [6, 6.07) is 2.01. The van der Waals surface area contributed by atoms with Crippen LogP contribution in [0.25, 0.3) is 0 Å². The first kappa shape index (κ1) is 11.2. The van der Waals surface area contributed by atoms with Gasteiger partial charge in [0, 0.05) is 0 Å². The normalized spacial score (nSPS) is 13.6. The van der Waals surface area contributed by atoms with E-state index in [2.05, 4.69) is 29.8 Å². The summed E-state index contributed by atoms with van der Waals surface area (Å²) in [5.41, 5.74) is 1.05. The lowest BCUT2D eigenvalue weighted by Gasteiger charge is -2.18. The molecule has 1 atom stereocenters. The Bertz CT molecular complexity index is 255. The zero-order valence-electron chi connectivity index (χ0n) is 7.96. The minimum Gasteiger partial charge on any atom is -0.388 e. The quantitative estimate of drug-likeness (QED) is 0.871. The maximum atomic E-state index is 9.98. The van der Waals surface area contributed by atoms with E-state index >= 15 is 0 Å². The molecule has 0 radical (unpaired) electrons. The van der Waals surface area contributed by atoms with Crippen LogP contribution in [-0.4, -0.2) is 5.11 Å². The van der Waals surface area contributed by atoms with Crippen LogP contribution in [0, 0.1) is 5.92 Å². The van der Waals surface area contributed by atoms with Crippen LogP contribution in [0.4, 0.5) is 0 Å². The molecule has 1 nitrogen and oxygen atoms in total. The van der Waals surface area contributed by atoms with Gasteiger partial charge < -0.3 is 5.11 Å². The van der Waals surface area contributed by atoms with E-state index in [1.165, 1.54) is 0 Å². The van der Waals surface area contributed by atoms with Crippen LogP contribution in [0.2, 0.25) is 0 Å². The summed E-state index contributed by atoms with van der Waals surface area (Å²) >= 11 is 5.03. The molecule has 3 heteroatoms. The van der Waals surface area contributed by atoms with Crippen molar-refractivity contribution in [3.63, 3.8) is 0 Å². The van der Waals surface area contributed by atoms with Crippen LogP contribution in [0.5, 0.6) is 0 Å². The van der Waals surface area contributed by atoms with Gasteiger partial charge in [-0.1, -0.05) is 26.7 Å². The van der Waals surface area contributed by atoms with Crippen molar-refractivity contribution < 1.29 is 5.11 Å². The highest BCUT2D eigenvalue weighted by atomic mass is 79.9. The SMILES string of the molecule is CCC(CC)C(O)c1csc(Br)c1. The fourth-order valence-corrected chi connectivity index (χ4v) is 2.69. The van der Waals surface area contributed by atoms with Gasteiger partial charge in [-0.2, -0.15) is 0 Å². The lowest BCUT2D eigenvalue weighted by atomic mass is 9.93. The van der Waals surface area contributed by atoms with Gasteiger partial charge >= 0.3 is 0 Å². The van der Waals surface area contributed by atoms with Crippen molar-refractivity contribution in [2.75, 3.05) is 0 Å². The van der Waals surface area contributed by atoms with Crippen molar-refractivity contribution in [3.05, 3.63) is 20.8 Å². The summed E-state index contributed by atoms with van der Waals surface area (Å²) in [5, 5.41) is 12.0. The molecule has 1 N–H and O–H groups in total. The van der Waals surface area contributed by atoms with Gasteiger partial charge in [0.15, 0.2) is 0 Å². The van der Waals surface area contributed by atoms with Crippen LogP contribution in [0.1, 0.15) is 38.4 Å². The summed E-state index contributed by atoms with van der Waals surface area (Å²) in [6.45, 7) is 4.25. The van der Waals surface area contributed by atoms with E-state index in [-0.39, 0.29) is 6.10 Å². The summed E-state index contributed by atoms with van der Waals surface area (Å²) in [6.07, 6.45) is 1.77. The molecule has 1 heterocycles. The Morgan fingerprint density at radius 1 is 1.46 bits per heavy atom. The van der Waals surface area contributed by atoms with Gasteiger partial charge in [-0.05, 0) is 38.9 Å². The molecule has 1 rings (SSSR count). The average molecular weight is 263 g/mol. The Morgan fingerprint density at radius 3 is 2.46 bits per heavy atom. The number of thiophene rings is 1. The molecule has 0 aliphatic carbocycles. The third-order valence-electron chi connectivity index (χ3n) is 2.42. The lowest BCUT2D eigenvalue weighted by molar-refractivity contribution is 0.104. The van der Waals surface area contributed by atoms with E-state index in [1.54, 1.807) is 11.3 Å². The Kier molecular flexibility index (Phi) is 4.42. The van der Waals surface area contributed by atoms with E-state index in [1.807, 2.05) is 11.4 Å². The first-order valence-corrected chi connectivity index (χ1v) is 6.28. The molecular weight excluding hydrogens is 248 g/mol. The summed E-state index contributed by atoms with van der Waals surface area (Å²) < 4.78 is 1.09. The van der Waals surface area contributed by atoms with E-state index in [4.69, 9.17) is 0 Å². The van der Waals surface area contributed by atoms with Crippen molar-refractivity contribution in [2.24, 2.45) is 5.92 Å². The molecule has 0 aliphatic heterocycles. The third-order valence-corrected chi connectivity index (χ3v) is 3.95. The second-order valence-corrected chi connectivity index (χ2v) is 5.50. The Morgan fingerprint density at radius 2 is 2.08 bits per heavy atom. The van der Waals surface area contributed by atoms with Gasteiger partial charge in [-0.15, -0.1) is 11.3 Å². The van der Waals surface area contributed by atoms with E-state index in [0.717, 1.165) is 22.2 Å². The van der Waals surface area contributed by atoms with Crippen LogP contribution < -0.4 is 0 Å². The number of hydrogen-bond acceptors (Lipinski definition) is 2. The Hall–Kier alpha value is 0.140. The van der Waals surface area contributed by atoms with Gasteiger partial charge in [-0.3, -0.25) is 0 Å². The molecule has 1 unspecified atom stereocenters. The molecule has 0 fully saturated rings. The summed E-state index contributed by atoms with van der Waals surface area (Å²) in [4.78, 5) is 0. The fraction of sp³-hybridized carbons (Fsp3) is 0.600. The molecule has 1 aromatic rings. The highest BCUT2D eigenvalue weighted by Gasteiger charge is 2.18. The number of aliphatic hydroxyl groups excluding tert-OH is 1. The standard InChI is InChI=1S/C10H15BrOS/c1-3-7(4-2)10(12)8-5-9(11)13-6-8/h5-7,10,12H,3-4H2,1-2H3. The minimum absolute atomic E-state index is 0.294. The largest absolute Gasteiger partial charge is 0.388 e. The number of rotatable bonds is 4. The molecule has 0 spiro atoms. The van der Waals surface area contributed by atoms with Crippen molar-refractivity contribution in [2.45, 2.75) is 32.8 Å². The second-order valence-electron chi connectivity index (χ2n) is 3.21. The summed E-state index contributed by atoms with van der Waals surface area (Å²) in [5.74, 6) is 0.390. The van der Waals surface area contributed by atoms with Crippen LogP contribution in [0.3, 0.4) is 0 Å². The molecule has 13 heavy (non-hydrogen) atoms. The smallest absolute Gasteiger partial charge is 0.0826 e.